The molecule has 0 saturated carbocycles. The Morgan fingerprint density at radius 2 is 2.35 bits per heavy atom. The van der Waals surface area contributed by atoms with Crippen molar-refractivity contribution in [3.63, 3.8) is 0 Å². The Bertz CT molecular complexity index is 417. The monoisotopic (exact) mass is 297 g/mol. The Morgan fingerprint density at radius 3 is 3.05 bits per heavy atom. The number of hydrogen-bond acceptors (Lipinski definition) is 3. The summed E-state index contributed by atoms with van der Waals surface area (Å²) in [6, 6.07) is 5.84. The largest absolute Gasteiger partial charge is 0.493 e. The second kappa shape index (κ2) is 7.87. The van der Waals surface area contributed by atoms with Gasteiger partial charge in [0.05, 0.1) is 12.7 Å². The van der Waals surface area contributed by atoms with Crippen LogP contribution in [-0.4, -0.2) is 25.4 Å². The molecular formula is C16H24ClNO2. The summed E-state index contributed by atoms with van der Waals surface area (Å²) in [5.41, 5.74) is 6.95. The van der Waals surface area contributed by atoms with Gasteiger partial charge in [0.25, 0.3) is 0 Å². The van der Waals surface area contributed by atoms with E-state index in [1.54, 1.807) is 0 Å². The third-order valence-electron chi connectivity index (χ3n) is 3.52. The van der Waals surface area contributed by atoms with Gasteiger partial charge in [-0.2, -0.15) is 0 Å². The van der Waals surface area contributed by atoms with E-state index in [2.05, 4.69) is 0 Å². The van der Waals surface area contributed by atoms with Crippen LogP contribution >= 0.6 is 11.6 Å². The van der Waals surface area contributed by atoms with Crippen molar-refractivity contribution in [1.29, 1.82) is 0 Å². The van der Waals surface area contributed by atoms with E-state index in [0.717, 1.165) is 42.2 Å². The van der Waals surface area contributed by atoms with Crippen molar-refractivity contribution in [2.24, 2.45) is 5.73 Å². The summed E-state index contributed by atoms with van der Waals surface area (Å²) >= 11 is 6.03. The van der Waals surface area contributed by atoms with Gasteiger partial charge < -0.3 is 15.2 Å². The number of rotatable bonds is 7. The minimum Gasteiger partial charge on any atom is -0.493 e. The fourth-order valence-electron chi connectivity index (χ4n) is 2.56. The van der Waals surface area contributed by atoms with Crippen LogP contribution in [0, 0.1) is 0 Å². The fraction of sp³-hybridized carbons (Fsp3) is 0.625. The summed E-state index contributed by atoms with van der Waals surface area (Å²) in [5.74, 6) is 0.902. The van der Waals surface area contributed by atoms with Crippen molar-refractivity contribution >= 4 is 11.6 Å². The molecule has 1 saturated heterocycles. The van der Waals surface area contributed by atoms with E-state index < -0.39 is 0 Å². The zero-order valence-electron chi connectivity index (χ0n) is 12.1. The molecule has 0 bridgehead atoms. The van der Waals surface area contributed by atoms with E-state index in [4.69, 9.17) is 26.8 Å². The molecule has 1 aliphatic heterocycles. The molecule has 1 aromatic rings. The first-order valence-corrected chi connectivity index (χ1v) is 7.81. The highest BCUT2D eigenvalue weighted by molar-refractivity contribution is 6.30. The molecule has 0 radical (unpaired) electrons. The normalized spacial score (nSPS) is 20.1. The van der Waals surface area contributed by atoms with Gasteiger partial charge >= 0.3 is 0 Å². The Morgan fingerprint density at radius 1 is 1.50 bits per heavy atom. The summed E-state index contributed by atoms with van der Waals surface area (Å²) in [6.45, 7) is 3.62. The van der Waals surface area contributed by atoms with Crippen molar-refractivity contribution in [3.05, 3.63) is 28.8 Å². The Balaban J connectivity index is 1.81. The lowest BCUT2D eigenvalue weighted by molar-refractivity contribution is 0.0981. The highest BCUT2D eigenvalue weighted by Gasteiger charge is 2.15. The van der Waals surface area contributed by atoms with Crippen LogP contribution in [-0.2, 0) is 11.2 Å². The van der Waals surface area contributed by atoms with E-state index in [9.17, 15) is 0 Å². The van der Waals surface area contributed by atoms with E-state index in [1.807, 2.05) is 25.1 Å². The zero-order valence-corrected chi connectivity index (χ0v) is 12.9. The standard InChI is InChI=1S/C16H24ClNO2/c1-12(18)10-13-11-14(17)6-7-16(13)20-9-3-5-15-4-2-8-19-15/h6-7,11-12,15H,2-5,8-10,18H2,1H3. The Labute approximate surface area is 126 Å². The van der Waals surface area contributed by atoms with Gasteiger partial charge in [0.15, 0.2) is 0 Å². The second-order valence-corrected chi connectivity index (χ2v) is 6.00. The van der Waals surface area contributed by atoms with Crippen molar-refractivity contribution in [3.8, 4) is 5.75 Å². The first-order valence-electron chi connectivity index (χ1n) is 7.43. The topological polar surface area (TPSA) is 44.5 Å². The zero-order chi connectivity index (χ0) is 14.4. The van der Waals surface area contributed by atoms with Gasteiger partial charge in [0, 0.05) is 17.7 Å². The second-order valence-electron chi connectivity index (χ2n) is 5.56. The van der Waals surface area contributed by atoms with Crippen LogP contribution in [0.1, 0.15) is 38.2 Å². The average Bonchev–Trinajstić information content (AvgIpc) is 2.89. The number of ether oxygens (including phenoxy) is 2. The van der Waals surface area contributed by atoms with Crippen LogP contribution in [0.3, 0.4) is 0 Å². The molecule has 2 unspecified atom stereocenters. The minimum atomic E-state index is 0.0997. The summed E-state index contributed by atoms with van der Waals surface area (Å²) in [5, 5.41) is 0.729. The molecule has 2 rings (SSSR count). The van der Waals surface area contributed by atoms with Gasteiger partial charge in [-0.25, -0.2) is 0 Å². The molecule has 0 aromatic heterocycles. The number of hydrogen-bond donors (Lipinski definition) is 1. The lowest BCUT2D eigenvalue weighted by atomic mass is 10.1. The molecule has 1 fully saturated rings. The van der Waals surface area contributed by atoms with Crippen LogP contribution in [0.5, 0.6) is 5.75 Å². The molecule has 1 heterocycles. The number of halogens is 1. The summed E-state index contributed by atoms with van der Waals surface area (Å²) in [7, 11) is 0. The average molecular weight is 298 g/mol. The molecule has 2 N–H and O–H groups in total. The smallest absolute Gasteiger partial charge is 0.122 e. The predicted octanol–water partition coefficient (Wildman–Crippen LogP) is 3.57. The van der Waals surface area contributed by atoms with Crippen LogP contribution in [0.2, 0.25) is 5.02 Å². The maximum atomic E-state index is 6.03. The fourth-order valence-corrected chi connectivity index (χ4v) is 2.76. The summed E-state index contributed by atoms with van der Waals surface area (Å²) < 4.78 is 11.5. The molecule has 0 amide bonds. The van der Waals surface area contributed by atoms with Crippen LogP contribution in [0.15, 0.2) is 18.2 Å². The maximum Gasteiger partial charge on any atom is 0.122 e. The summed E-state index contributed by atoms with van der Waals surface area (Å²) in [4.78, 5) is 0. The van der Waals surface area contributed by atoms with Gasteiger partial charge in [-0.1, -0.05) is 11.6 Å². The van der Waals surface area contributed by atoms with Crippen molar-refractivity contribution in [2.75, 3.05) is 13.2 Å². The van der Waals surface area contributed by atoms with E-state index >= 15 is 0 Å². The Kier molecular flexibility index (Phi) is 6.14. The van der Waals surface area contributed by atoms with Crippen LogP contribution < -0.4 is 10.5 Å². The van der Waals surface area contributed by atoms with E-state index in [1.165, 1.54) is 12.8 Å². The van der Waals surface area contributed by atoms with E-state index in [0.29, 0.717) is 12.7 Å². The number of benzene rings is 1. The molecule has 20 heavy (non-hydrogen) atoms. The molecule has 2 atom stereocenters. The van der Waals surface area contributed by atoms with Crippen LogP contribution in [0.25, 0.3) is 0 Å². The highest BCUT2D eigenvalue weighted by atomic mass is 35.5. The molecule has 1 aromatic carbocycles. The third-order valence-corrected chi connectivity index (χ3v) is 3.75. The van der Waals surface area contributed by atoms with Gasteiger partial charge in [0.1, 0.15) is 5.75 Å². The van der Waals surface area contributed by atoms with Gasteiger partial charge in [-0.15, -0.1) is 0 Å². The van der Waals surface area contributed by atoms with Gasteiger partial charge in [0.2, 0.25) is 0 Å². The SMILES string of the molecule is CC(N)Cc1cc(Cl)ccc1OCCCC1CCCO1. The molecule has 112 valence electrons. The molecule has 1 aliphatic rings. The minimum absolute atomic E-state index is 0.0997. The van der Waals surface area contributed by atoms with Crippen molar-refractivity contribution in [1.82, 2.24) is 0 Å². The molecule has 4 heteroatoms. The Hall–Kier alpha value is -0.770. The number of nitrogens with two attached hydrogens (primary N) is 1. The maximum absolute atomic E-state index is 6.03. The first-order chi connectivity index (χ1) is 9.65. The summed E-state index contributed by atoms with van der Waals surface area (Å²) in [6.07, 6.45) is 5.70. The van der Waals surface area contributed by atoms with Gasteiger partial charge in [-0.3, -0.25) is 0 Å². The molecule has 0 aliphatic carbocycles. The van der Waals surface area contributed by atoms with Crippen LogP contribution in [0.4, 0.5) is 0 Å². The molecular weight excluding hydrogens is 274 g/mol. The first kappa shape index (κ1) is 15.6. The van der Waals surface area contributed by atoms with Crippen molar-refractivity contribution in [2.45, 2.75) is 51.2 Å². The lowest BCUT2D eigenvalue weighted by Gasteiger charge is -2.14. The van der Waals surface area contributed by atoms with E-state index in [-0.39, 0.29) is 6.04 Å². The lowest BCUT2D eigenvalue weighted by Crippen LogP contribution is -2.18. The van der Waals surface area contributed by atoms with Crippen molar-refractivity contribution < 1.29 is 9.47 Å². The van der Waals surface area contributed by atoms with Gasteiger partial charge in [-0.05, 0) is 62.8 Å². The highest BCUT2D eigenvalue weighted by Crippen LogP contribution is 2.25. The molecule has 3 nitrogen and oxygen atoms in total. The quantitative estimate of drug-likeness (QED) is 0.783. The predicted molar refractivity (Wildman–Crippen MR) is 82.5 cm³/mol. The third kappa shape index (κ3) is 4.97. The molecule has 0 spiro atoms.